The molecule has 0 aliphatic carbocycles. The number of hydrogen-bond donors (Lipinski definition) is 1. The van der Waals surface area contributed by atoms with Gasteiger partial charge in [0.1, 0.15) is 12.4 Å². The van der Waals surface area contributed by atoms with Gasteiger partial charge in [-0.2, -0.15) is 0 Å². The van der Waals surface area contributed by atoms with Crippen LogP contribution in [0.4, 0.5) is 5.69 Å². The van der Waals surface area contributed by atoms with Gasteiger partial charge in [-0.25, -0.2) is 9.97 Å². The first kappa shape index (κ1) is 10.7. The molecule has 0 fully saturated rings. The lowest BCUT2D eigenvalue weighted by Crippen LogP contribution is -2.01. The van der Waals surface area contributed by atoms with Crippen LogP contribution >= 0.6 is 11.6 Å². The van der Waals surface area contributed by atoms with Crippen molar-refractivity contribution in [3.63, 3.8) is 0 Å². The molecule has 0 saturated carbocycles. The highest BCUT2D eigenvalue weighted by Crippen LogP contribution is 2.26. The quantitative estimate of drug-likeness (QED) is 0.830. The van der Waals surface area contributed by atoms with E-state index in [9.17, 15) is 0 Å². The van der Waals surface area contributed by atoms with Crippen LogP contribution in [0.25, 0.3) is 0 Å². The van der Waals surface area contributed by atoms with E-state index in [4.69, 9.17) is 22.1 Å². The van der Waals surface area contributed by atoms with Gasteiger partial charge in [0.2, 0.25) is 0 Å². The monoisotopic (exact) mass is 235 g/mol. The second kappa shape index (κ2) is 4.81. The van der Waals surface area contributed by atoms with Crippen molar-refractivity contribution in [1.82, 2.24) is 9.97 Å². The van der Waals surface area contributed by atoms with Gasteiger partial charge in [-0.15, -0.1) is 0 Å². The van der Waals surface area contributed by atoms with Crippen molar-refractivity contribution in [2.24, 2.45) is 0 Å². The Bertz CT molecular complexity index is 476. The van der Waals surface area contributed by atoms with Crippen LogP contribution in [0.5, 0.6) is 5.75 Å². The van der Waals surface area contributed by atoms with E-state index in [1.165, 1.54) is 0 Å². The molecule has 2 aromatic rings. The first-order valence-electron chi connectivity index (χ1n) is 4.69. The van der Waals surface area contributed by atoms with Gasteiger partial charge < -0.3 is 10.5 Å². The van der Waals surface area contributed by atoms with Gasteiger partial charge in [0.15, 0.2) is 5.82 Å². The molecule has 4 nitrogen and oxygen atoms in total. The lowest BCUT2D eigenvalue weighted by Gasteiger charge is -2.07. The molecule has 5 heteroatoms. The molecule has 1 aromatic heterocycles. The summed E-state index contributed by atoms with van der Waals surface area (Å²) < 4.78 is 5.47. The lowest BCUT2D eigenvalue weighted by atomic mass is 10.3. The fraction of sp³-hybridized carbons (Fsp3) is 0.0909. The fourth-order valence-corrected chi connectivity index (χ4v) is 1.35. The largest absolute Gasteiger partial charge is 0.484 e. The van der Waals surface area contributed by atoms with Crippen molar-refractivity contribution >= 4 is 17.3 Å². The number of rotatable bonds is 3. The number of anilines is 1. The minimum Gasteiger partial charge on any atom is -0.484 e. The number of halogens is 1. The number of nitrogen functional groups attached to an aromatic ring is 1. The fourth-order valence-electron chi connectivity index (χ4n) is 1.18. The average molecular weight is 236 g/mol. The van der Waals surface area contributed by atoms with Crippen LogP contribution in [0, 0.1) is 0 Å². The summed E-state index contributed by atoms with van der Waals surface area (Å²) in [5, 5.41) is 0.519. The molecular formula is C11H10ClN3O. The average Bonchev–Trinajstić information content (AvgIpc) is 2.32. The van der Waals surface area contributed by atoms with Gasteiger partial charge in [0.25, 0.3) is 0 Å². The molecule has 2 N–H and O–H groups in total. The maximum Gasteiger partial charge on any atom is 0.166 e. The van der Waals surface area contributed by atoms with E-state index >= 15 is 0 Å². The predicted molar refractivity (Wildman–Crippen MR) is 62.2 cm³/mol. The smallest absolute Gasteiger partial charge is 0.166 e. The van der Waals surface area contributed by atoms with E-state index in [1.54, 1.807) is 36.7 Å². The number of aromatic nitrogens is 2. The third-order valence-corrected chi connectivity index (χ3v) is 2.24. The van der Waals surface area contributed by atoms with E-state index in [-0.39, 0.29) is 6.61 Å². The van der Waals surface area contributed by atoms with Crippen molar-refractivity contribution in [2.75, 3.05) is 5.73 Å². The number of benzene rings is 1. The van der Waals surface area contributed by atoms with E-state index in [2.05, 4.69) is 9.97 Å². The summed E-state index contributed by atoms with van der Waals surface area (Å²) in [6.07, 6.45) is 3.32. The summed E-state index contributed by atoms with van der Waals surface area (Å²) >= 11 is 5.94. The van der Waals surface area contributed by atoms with Crippen molar-refractivity contribution < 1.29 is 4.74 Å². The zero-order valence-corrected chi connectivity index (χ0v) is 9.19. The highest BCUT2D eigenvalue weighted by atomic mass is 35.5. The highest BCUT2D eigenvalue weighted by molar-refractivity contribution is 6.32. The van der Waals surface area contributed by atoms with Crippen LogP contribution in [0.1, 0.15) is 5.82 Å². The van der Waals surface area contributed by atoms with E-state index in [0.29, 0.717) is 22.3 Å². The molecule has 82 valence electrons. The van der Waals surface area contributed by atoms with Gasteiger partial charge >= 0.3 is 0 Å². The molecular weight excluding hydrogens is 226 g/mol. The Kier molecular flexibility index (Phi) is 3.22. The standard InChI is InChI=1S/C11H10ClN3O/c12-9-3-2-8(13)6-10(9)16-7-11-14-4-1-5-15-11/h1-6H,7,13H2. The molecule has 1 aromatic carbocycles. The Morgan fingerprint density at radius 3 is 2.75 bits per heavy atom. The van der Waals surface area contributed by atoms with E-state index in [0.717, 1.165) is 0 Å². The van der Waals surface area contributed by atoms with Gasteiger partial charge in [0, 0.05) is 24.1 Å². The Hall–Kier alpha value is -1.81. The molecule has 0 aliphatic rings. The molecule has 16 heavy (non-hydrogen) atoms. The molecule has 0 amide bonds. The van der Waals surface area contributed by atoms with Gasteiger partial charge in [-0.3, -0.25) is 0 Å². The third-order valence-electron chi connectivity index (χ3n) is 1.93. The van der Waals surface area contributed by atoms with Crippen LogP contribution in [-0.4, -0.2) is 9.97 Å². The summed E-state index contributed by atoms with van der Waals surface area (Å²) in [5.74, 6) is 1.13. The van der Waals surface area contributed by atoms with Gasteiger partial charge in [0.05, 0.1) is 5.02 Å². The molecule has 0 saturated heterocycles. The second-order valence-electron chi connectivity index (χ2n) is 3.14. The second-order valence-corrected chi connectivity index (χ2v) is 3.55. The Labute approximate surface area is 98.0 Å². The van der Waals surface area contributed by atoms with E-state index in [1.807, 2.05) is 0 Å². The maximum absolute atomic E-state index is 5.94. The molecule has 0 bridgehead atoms. The predicted octanol–water partition coefficient (Wildman–Crippen LogP) is 2.29. The summed E-state index contributed by atoms with van der Waals surface area (Å²) in [4.78, 5) is 8.07. The van der Waals surface area contributed by atoms with Crippen LogP contribution in [-0.2, 0) is 6.61 Å². The number of nitrogens with zero attached hydrogens (tertiary/aromatic N) is 2. The molecule has 1 heterocycles. The summed E-state index contributed by atoms with van der Waals surface area (Å²) in [6, 6.07) is 6.83. The molecule has 2 rings (SSSR count). The summed E-state index contributed by atoms with van der Waals surface area (Å²) in [6.45, 7) is 0.268. The van der Waals surface area contributed by atoms with Crippen molar-refractivity contribution in [3.05, 3.63) is 47.5 Å². The zero-order valence-electron chi connectivity index (χ0n) is 8.43. The van der Waals surface area contributed by atoms with Crippen molar-refractivity contribution in [2.45, 2.75) is 6.61 Å². The van der Waals surface area contributed by atoms with Crippen LogP contribution in [0.3, 0.4) is 0 Å². The molecule has 0 spiro atoms. The summed E-state index contributed by atoms with van der Waals surface area (Å²) in [7, 11) is 0. The number of nitrogens with two attached hydrogens (primary N) is 1. The summed E-state index contributed by atoms with van der Waals surface area (Å²) in [5.41, 5.74) is 6.23. The number of ether oxygens (including phenoxy) is 1. The molecule has 0 unspecified atom stereocenters. The molecule has 0 aliphatic heterocycles. The number of hydrogen-bond acceptors (Lipinski definition) is 4. The normalized spacial score (nSPS) is 10.1. The first-order valence-corrected chi connectivity index (χ1v) is 5.07. The van der Waals surface area contributed by atoms with Crippen molar-refractivity contribution in [1.29, 1.82) is 0 Å². The van der Waals surface area contributed by atoms with Crippen molar-refractivity contribution in [3.8, 4) is 5.75 Å². The van der Waals surface area contributed by atoms with E-state index < -0.39 is 0 Å². The third kappa shape index (κ3) is 2.61. The SMILES string of the molecule is Nc1ccc(Cl)c(OCc2ncccn2)c1. The Morgan fingerprint density at radius 1 is 1.25 bits per heavy atom. The molecule has 0 radical (unpaired) electrons. The first-order chi connectivity index (χ1) is 7.75. The lowest BCUT2D eigenvalue weighted by molar-refractivity contribution is 0.296. The Morgan fingerprint density at radius 2 is 2.00 bits per heavy atom. The Balaban J connectivity index is 2.08. The topological polar surface area (TPSA) is 61.0 Å². The van der Waals surface area contributed by atoms with Gasteiger partial charge in [-0.1, -0.05) is 11.6 Å². The highest BCUT2D eigenvalue weighted by Gasteiger charge is 2.03. The van der Waals surface area contributed by atoms with Crippen LogP contribution < -0.4 is 10.5 Å². The zero-order chi connectivity index (χ0) is 11.4. The maximum atomic E-state index is 5.94. The minimum atomic E-state index is 0.268. The molecule has 0 atom stereocenters. The minimum absolute atomic E-state index is 0.268. The van der Waals surface area contributed by atoms with Gasteiger partial charge in [-0.05, 0) is 18.2 Å². The van der Waals surface area contributed by atoms with Crippen LogP contribution in [0.2, 0.25) is 5.02 Å². The van der Waals surface area contributed by atoms with Crippen LogP contribution in [0.15, 0.2) is 36.7 Å².